The summed E-state index contributed by atoms with van der Waals surface area (Å²) in [5.41, 5.74) is -0.843. The molecule has 1 aromatic heterocycles. The number of fused-ring (bicyclic) bond motifs is 1. The van der Waals surface area contributed by atoms with Crippen LogP contribution in [-0.2, 0) is 14.9 Å². The normalized spacial score (nSPS) is 18.0. The van der Waals surface area contributed by atoms with E-state index in [9.17, 15) is 14.9 Å². The summed E-state index contributed by atoms with van der Waals surface area (Å²) in [6.07, 6.45) is 0.251. The summed E-state index contributed by atoms with van der Waals surface area (Å²) in [6.45, 7) is 14.1. The van der Waals surface area contributed by atoms with E-state index < -0.39 is 34.7 Å². The zero-order chi connectivity index (χ0) is 21.5. The summed E-state index contributed by atoms with van der Waals surface area (Å²) in [5.74, 6) is -0.345. The zero-order valence-electron chi connectivity index (χ0n) is 17.8. The molecule has 1 atom stereocenters. The van der Waals surface area contributed by atoms with E-state index in [2.05, 4.69) is 16.3 Å². The van der Waals surface area contributed by atoms with Gasteiger partial charge in [0, 0.05) is 5.56 Å². The van der Waals surface area contributed by atoms with Crippen molar-refractivity contribution in [3.05, 3.63) is 17.3 Å². The second-order valence-corrected chi connectivity index (χ2v) is 9.56. The molecule has 0 saturated carbocycles. The Morgan fingerprint density at radius 1 is 1.14 bits per heavy atom. The molecule has 2 amide bonds. The van der Waals surface area contributed by atoms with Crippen molar-refractivity contribution in [2.75, 3.05) is 4.90 Å². The van der Waals surface area contributed by atoms with Crippen LogP contribution in [0.4, 0.5) is 15.4 Å². The van der Waals surface area contributed by atoms with Gasteiger partial charge in [0.2, 0.25) is 0 Å². The minimum absolute atomic E-state index is 0.0451. The van der Waals surface area contributed by atoms with E-state index in [1.54, 1.807) is 41.5 Å². The maximum absolute atomic E-state index is 12.9. The molecule has 8 nitrogen and oxygen atoms in total. The first-order valence-electron chi connectivity index (χ1n) is 9.18. The molecule has 0 aromatic carbocycles. The fourth-order valence-electron chi connectivity index (χ4n) is 3.20. The molecule has 1 heterocycles. The van der Waals surface area contributed by atoms with Crippen molar-refractivity contribution >= 4 is 18.0 Å². The molecule has 0 bridgehead atoms. The molecule has 1 aliphatic carbocycles. The molecule has 0 saturated heterocycles. The molecule has 1 unspecified atom stereocenters. The first-order chi connectivity index (χ1) is 12.7. The number of nitrogens with zero attached hydrogens (tertiary/aromatic N) is 4. The van der Waals surface area contributed by atoms with Crippen molar-refractivity contribution in [2.45, 2.75) is 84.3 Å². The number of amides is 2. The van der Waals surface area contributed by atoms with Gasteiger partial charge in [-0.15, -0.1) is 5.10 Å². The van der Waals surface area contributed by atoms with Crippen LogP contribution in [0.25, 0.3) is 0 Å². The van der Waals surface area contributed by atoms with E-state index in [1.165, 1.54) is 6.20 Å². The van der Waals surface area contributed by atoms with Gasteiger partial charge < -0.3 is 9.47 Å². The standard InChI is InChI=1S/C20H28N4O4/c1-18(2,3)27-16(25)24(17(26)28-19(4,5)6)15-14-13(11-22-23-15)12(10-21)9-20(14,7)8/h11-12H,9H2,1-8H3. The topological polar surface area (TPSA) is 105 Å². The van der Waals surface area contributed by atoms with Gasteiger partial charge in [-0.25, -0.2) is 9.59 Å². The summed E-state index contributed by atoms with van der Waals surface area (Å²) in [4.78, 5) is 26.6. The SMILES string of the molecule is CC(C)(C)OC(=O)N(C(=O)OC(C)(C)C)c1nncc2c1C(C)(C)CC2C#N. The van der Waals surface area contributed by atoms with Crippen LogP contribution in [0.1, 0.15) is 78.9 Å². The Bertz CT molecular complexity index is 800. The van der Waals surface area contributed by atoms with Crippen LogP contribution in [0.2, 0.25) is 0 Å². The molecule has 0 spiro atoms. The minimum atomic E-state index is -0.902. The van der Waals surface area contributed by atoms with Crippen LogP contribution in [0.5, 0.6) is 0 Å². The Hall–Kier alpha value is -2.69. The van der Waals surface area contributed by atoms with Crippen molar-refractivity contribution in [1.82, 2.24) is 10.2 Å². The van der Waals surface area contributed by atoms with Crippen LogP contribution < -0.4 is 4.90 Å². The molecule has 1 aromatic rings. The van der Waals surface area contributed by atoms with Gasteiger partial charge in [0.1, 0.15) is 11.2 Å². The number of aromatic nitrogens is 2. The molecule has 152 valence electrons. The van der Waals surface area contributed by atoms with Crippen molar-refractivity contribution in [3.63, 3.8) is 0 Å². The summed E-state index contributed by atoms with van der Waals surface area (Å²) < 4.78 is 10.8. The van der Waals surface area contributed by atoms with Crippen LogP contribution in [-0.4, -0.2) is 33.6 Å². The van der Waals surface area contributed by atoms with E-state index in [1.807, 2.05) is 13.8 Å². The van der Waals surface area contributed by atoms with Gasteiger partial charge >= 0.3 is 12.2 Å². The Morgan fingerprint density at radius 3 is 2.07 bits per heavy atom. The molecule has 0 radical (unpaired) electrons. The fraction of sp³-hybridized carbons (Fsp3) is 0.650. The van der Waals surface area contributed by atoms with Gasteiger partial charge in [0.15, 0.2) is 5.82 Å². The Morgan fingerprint density at radius 2 is 1.64 bits per heavy atom. The lowest BCUT2D eigenvalue weighted by molar-refractivity contribution is 0.0428. The van der Waals surface area contributed by atoms with Gasteiger partial charge in [-0.2, -0.15) is 15.3 Å². The quantitative estimate of drug-likeness (QED) is 0.700. The van der Waals surface area contributed by atoms with Crippen molar-refractivity contribution in [3.8, 4) is 6.07 Å². The van der Waals surface area contributed by atoms with Gasteiger partial charge in [0.05, 0.1) is 18.2 Å². The third-order valence-electron chi connectivity index (χ3n) is 4.15. The summed E-state index contributed by atoms with van der Waals surface area (Å²) >= 11 is 0. The molecule has 1 aliphatic rings. The molecule has 0 fully saturated rings. The summed E-state index contributed by atoms with van der Waals surface area (Å²) in [6, 6.07) is 2.26. The highest BCUT2D eigenvalue weighted by molar-refractivity contribution is 6.09. The van der Waals surface area contributed by atoms with Crippen LogP contribution in [0.3, 0.4) is 0 Å². The first-order valence-corrected chi connectivity index (χ1v) is 9.18. The molecular formula is C20H28N4O4. The molecule has 0 N–H and O–H groups in total. The van der Waals surface area contributed by atoms with Gasteiger partial charge in [-0.3, -0.25) is 0 Å². The smallest absolute Gasteiger partial charge is 0.425 e. The zero-order valence-corrected chi connectivity index (χ0v) is 17.8. The highest BCUT2D eigenvalue weighted by Gasteiger charge is 2.44. The monoisotopic (exact) mass is 388 g/mol. The number of nitriles is 1. The number of anilines is 1. The predicted octanol–water partition coefficient (Wildman–Crippen LogP) is 4.44. The summed E-state index contributed by atoms with van der Waals surface area (Å²) in [7, 11) is 0. The third kappa shape index (κ3) is 4.58. The van der Waals surface area contributed by atoms with Gasteiger partial charge in [0.25, 0.3) is 0 Å². The number of ether oxygens (including phenoxy) is 2. The Labute approximate surface area is 165 Å². The van der Waals surface area contributed by atoms with E-state index in [0.29, 0.717) is 17.5 Å². The molecule has 2 rings (SSSR count). The van der Waals surface area contributed by atoms with Crippen molar-refractivity contribution < 1.29 is 19.1 Å². The minimum Gasteiger partial charge on any atom is -0.443 e. The third-order valence-corrected chi connectivity index (χ3v) is 4.15. The lowest BCUT2D eigenvalue weighted by Gasteiger charge is -2.30. The van der Waals surface area contributed by atoms with Gasteiger partial charge in [-0.1, -0.05) is 13.8 Å². The lowest BCUT2D eigenvalue weighted by Crippen LogP contribution is -2.45. The number of carbonyl (C=O) groups is 2. The summed E-state index contributed by atoms with van der Waals surface area (Å²) in [5, 5.41) is 17.5. The largest absolute Gasteiger partial charge is 0.443 e. The number of hydrogen-bond donors (Lipinski definition) is 0. The second kappa shape index (κ2) is 7.04. The number of carbonyl (C=O) groups excluding carboxylic acids is 2. The Balaban J connectivity index is 2.63. The fourth-order valence-corrected chi connectivity index (χ4v) is 3.20. The van der Waals surface area contributed by atoms with Gasteiger partial charge in [-0.05, 0) is 58.9 Å². The van der Waals surface area contributed by atoms with Crippen LogP contribution in [0, 0.1) is 11.3 Å². The first kappa shape index (κ1) is 21.6. The molecule has 28 heavy (non-hydrogen) atoms. The number of rotatable bonds is 1. The lowest BCUT2D eigenvalue weighted by atomic mass is 9.86. The second-order valence-electron chi connectivity index (χ2n) is 9.56. The van der Waals surface area contributed by atoms with Crippen molar-refractivity contribution in [2.24, 2.45) is 0 Å². The van der Waals surface area contributed by atoms with Crippen molar-refractivity contribution in [1.29, 1.82) is 5.26 Å². The highest BCUT2D eigenvalue weighted by atomic mass is 16.6. The average Bonchev–Trinajstić information content (AvgIpc) is 2.75. The van der Waals surface area contributed by atoms with E-state index in [4.69, 9.17) is 9.47 Å². The maximum Gasteiger partial charge on any atom is 0.425 e. The molecule has 0 aliphatic heterocycles. The molecular weight excluding hydrogens is 360 g/mol. The Kier molecular flexibility index (Phi) is 5.43. The average molecular weight is 388 g/mol. The number of hydrogen-bond acceptors (Lipinski definition) is 7. The van der Waals surface area contributed by atoms with E-state index in [0.717, 1.165) is 4.90 Å². The van der Waals surface area contributed by atoms with E-state index in [-0.39, 0.29) is 5.82 Å². The maximum atomic E-state index is 12.9. The number of imide groups is 1. The highest BCUT2D eigenvalue weighted by Crippen LogP contribution is 2.48. The van der Waals surface area contributed by atoms with E-state index >= 15 is 0 Å². The van der Waals surface area contributed by atoms with Crippen LogP contribution in [0.15, 0.2) is 6.20 Å². The van der Waals surface area contributed by atoms with Crippen LogP contribution >= 0.6 is 0 Å². The molecule has 8 heteroatoms. The predicted molar refractivity (Wildman–Crippen MR) is 103 cm³/mol.